The third-order valence-corrected chi connectivity index (χ3v) is 2.75. The van der Waals surface area contributed by atoms with Gasteiger partial charge in [0.2, 0.25) is 0 Å². The Morgan fingerprint density at radius 1 is 1.40 bits per heavy atom. The van der Waals surface area contributed by atoms with Crippen LogP contribution in [0.15, 0.2) is 24.3 Å². The van der Waals surface area contributed by atoms with Gasteiger partial charge in [-0.05, 0) is 30.5 Å². The molecule has 0 aromatic heterocycles. The number of rotatable bonds is 3. The molecule has 0 aliphatic carbocycles. The lowest BCUT2D eigenvalue weighted by Crippen LogP contribution is -2.27. The van der Waals surface area contributed by atoms with Crippen LogP contribution in [0.2, 0.25) is 0 Å². The molecule has 0 radical (unpaired) electrons. The summed E-state index contributed by atoms with van der Waals surface area (Å²) in [6.07, 6.45) is 1.95. The Balaban J connectivity index is 1.92. The van der Waals surface area contributed by atoms with Crippen molar-refractivity contribution >= 4 is 0 Å². The van der Waals surface area contributed by atoms with Crippen molar-refractivity contribution in [2.75, 3.05) is 6.61 Å². The molecule has 82 valence electrons. The highest BCUT2D eigenvalue weighted by Crippen LogP contribution is 2.18. The smallest absolute Gasteiger partial charge is 0.123 e. The molecular weight excluding hydrogens is 195 g/mol. The first-order valence-corrected chi connectivity index (χ1v) is 5.30. The molecule has 3 heteroatoms. The van der Waals surface area contributed by atoms with Crippen LogP contribution in [-0.2, 0) is 11.2 Å². The fourth-order valence-electron chi connectivity index (χ4n) is 1.90. The molecule has 0 saturated carbocycles. The summed E-state index contributed by atoms with van der Waals surface area (Å²) in [4.78, 5) is 0. The van der Waals surface area contributed by atoms with E-state index >= 15 is 0 Å². The molecule has 2 rings (SSSR count). The van der Waals surface area contributed by atoms with Crippen molar-refractivity contribution in [1.29, 1.82) is 0 Å². The van der Waals surface area contributed by atoms with Gasteiger partial charge in [-0.3, -0.25) is 0 Å². The second-order valence-corrected chi connectivity index (χ2v) is 3.95. The summed E-state index contributed by atoms with van der Waals surface area (Å²) in [5.74, 6) is -0.245. The molecule has 1 N–H and O–H groups in total. The van der Waals surface area contributed by atoms with Crippen molar-refractivity contribution in [3.8, 4) is 0 Å². The minimum absolute atomic E-state index is 0.0462. The third kappa shape index (κ3) is 2.76. The van der Waals surface area contributed by atoms with Crippen LogP contribution in [0.25, 0.3) is 0 Å². The van der Waals surface area contributed by atoms with E-state index in [9.17, 15) is 9.50 Å². The zero-order valence-corrected chi connectivity index (χ0v) is 8.53. The molecule has 15 heavy (non-hydrogen) atoms. The van der Waals surface area contributed by atoms with E-state index in [2.05, 4.69) is 0 Å². The lowest BCUT2D eigenvalue weighted by atomic mass is 10.0. The lowest BCUT2D eigenvalue weighted by molar-refractivity contribution is -0.000778. The predicted molar refractivity (Wildman–Crippen MR) is 55.1 cm³/mol. The van der Waals surface area contributed by atoms with Gasteiger partial charge in [0.1, 0.15) is 5.82 Å². The van der Waals surface area contributed by atoms with E-state index in [1.165, 1.54) is 12.1 Å². The summed E-state index contributed by atoms with van der Waals surface area (Å²) in [6.45, 7) is 0.741. The zero-order chi connectivity index (χ0) is 10.7. The summed E-state index contributed by atoms with van der Waals surface area (Å²) < 4.78 is 18.0. The first kappa shape index (κ1) is 10.6. The molecule has 1 aliphatic rings. The van der Waals surface area contributed by atoms with Gasteiger partial charge < -0.3 is 9.84 Å². The molecular formula is C12H15FO2. The predicted octanol–water partition coefficient (Wildman–Crippen LogP) is 1.91. The van der Waals surface area contributed by atoms with Gasteiger partial charge in [-0.1, -0.05) is 12.1 Å². The quantitative estimate of drug-likeness (QED) is 0.825. The second-order valence-electron chi connectivity index (χ2n) is 3.95. The van der Waals surface area contributed by atoms with Crippen molar-refractivity contribution in [2.45, 2.75) is 31.5 Å². The molecule has 0 amide bonds. The SMILES string of the molecule is OC(Cc1ccc(F)cc1)C1CCCO1. The Labute approximate surface area is 88.7 Å². The first-order chi connectivity index (χ1) is 7.25. The standard InChI is InChI=1S/C12H15FO2/c13-10-5-3-9(4-6-10)8-11(14)12-2-1-7-15-12/h3-6,11-12,14H,1-2,7-8H2. The van der Waals surface area contributed by atoms with Crippen LogP contribution in [-0.4, -0.2) is 23.9 Å². The van der Waals surface area contributed by atoms with E-state index in [4.69, 9.17) is 4.74 Å². The van der Waals surface area contributed by atoms with Gasteiger partial charge in [-0.15, -0.1) is 0 Å². The summed E-state index contributed by atoms with van der Waals surface area (Å²) in [7, 11) is 0. The molecule has 0 bridgehead atoms. The van der Waals surface area contributed by atoms with Crippen molar-refractivity contribution in [2.24, 2.45) is 0 Å². The Morgan fingerprint density at radius 3 is 2.73 bits per heavy atom. The van der Waals surface area contributed by atoms with E-state index in [0.29, 0.717) is 6.42 Å². The Kier molecular flexibility index (Phi) is 3.34. The second kappa shape index (κ2) is 4.73. The van der Waals surface area contributed by atoms with Crippen LogP contribution in [0, 0.1) is 5.82 Å². The lowest BCUT2D eigenvalue weighted by Gasteiger charge is -2.17. The van der Waals surface area contributed by atoms with Crippen LogP contribution < -0.4 is 0 Å². The maximum atomic E-state index is 12.6. The highest BCUT2D eigenvalue weighted by molar-refractivity contribution is 5.17. The van der Waals surface area contributed by atoms with Gasteiger partial charge in [0, 0.05) is 13.0 Å². The monoisotopic (exact) mass is 210 g/mol. The van der Waals surface area contributed by atoms with E-state index in [-0.39, 0.29) is 11.9 Å². The fraction of sp³-hybridized carbons (Fsp3) is 0.500. The fourth-order valence-corrected chi connectivity index (χ4v) is 1.90. The van der Waals surface area contributed by atoms with Crippen molar-refractivity contribution in [3.05, 3.63) is 35.6 Å². The van der Waals surface area contributed by atoms with Crippen LogP contribution in [0.1, 0.15) is 18.4 Å². The van der Waals surface area contributed by atoms with Crippen molar-refractivity contribution in [3.63, 3.8) is 0 Å². The van der Waals surface area contributed by atoms with E-state index in [1.54, 1.807) is 12.1 Å². The summed E-state index contributed by atoms with van der Waals surface area (Å²) in [6, 6.07) is 6.23. The molecule has 1 heterocycles. The Bertz CT molecular complexity index is 304. The van der Waals surface area contributed by atoms with Gasteiger partial charge in [0.05, 0.1) is 12.2 Å². The van der Waals surface area contributed by atoms with Gasteiger partial charge in [-0.25, -0.2) is 4.39 Å². The van der Waals surface area contributed by atoms with Crippen LogP contribution >= 0.6 is 0 Å². The number of benzene rings is 1. The summed E-state index contributed by atoms with van der Waals surface area (Å²) >= 11 is 0. The maximum absolute atomic E-state index is 12.6. The molecule has 1 aromatic rings. The number of aliphatic hydroxyl groups excluding tert-OH is 1. The normalized spacial score (nSPS) is 22.9. The van der Waals surface area contributed by atoms with E-state index in [1.807, 2.05) is 0 Å². The van der Waals surface area contributed by atoms with Crippen molar-refractivity contribution < 1.29 is 14.2 Å². The highest BCUT2D eigenvalue weighted by atomic mass is 19.1. The zero-order valence-electron chi connectivity index (χ0n) is 8.53. The van der Waals surface area contributed by atoms with Crippen LogP contribution in [0.3, 0.4) is 0 Å². The number of aliphatic hydroxyl groups is 1. The van der Waals surface area contributed by atoms with Gasteiger partial charge in [0.15, 0.2) is 0 Å². The number of hydrogen-bond acceptors (Lipinski definition) is 2. The van der Waals surface area contributed by atoms with Gasteiger partial charge >= 0.3 is 0 Å². The van der Waals surface area contributed by atoms with E-state index in [0.717, 1.165) is 25.0 Å². The Hall–Kier alpha value is -0.930. The van der Waals surface area contributed by atoms with Gasteiger partial charge in [0.25, 0.3) is 0 Å². The molecule has 2 atom stereocenters. The number of ether oxygens (including phenoxy) is 1. The maximum Gasteiger partial charge on any atom is 0.123 e. The summed E-state index contributed by atoms with van der Waals surface area (Å²) in [5.41, 5.74) is 0.944. The number of hydrogen-bond donors (Lipinski definition) is 1. The van der Waals surface area contributed by atoms with Crippen LogP contribution in [0.4, 0.5) is 4.39 Å². The average Bonchev–Trinajstić information content (AvgIpc) is 2.74. The first-order valence-electron chi connectivity index (χ1n) is 5.30. The third-order valence-electron chi connectivity index (χ3n) is 2.75. The molecule has 2 unspecified atom stereocenters. The Morgan fingerprint density at radius 2 is 2.13 bits per heavy atom. The minimum Gasteiger partial charge on any atom is -0.390 e. The minimum atomic E-state index is -0.474. The average molecular weight is 210 g/mol. The molecule has 2 nitrogen and oxygen atoms in total. The van der Waals surface area contributed by atoms with Crippen LogP contribution in [0.5, 0.6) is 0 Å². The topological polar surface area (TPSA) is 29.5 Å². The largest absolute Gasteiger partial charge is 0.390 e. The molecule has 1 aliphatic heterocycles. The highest BCUT2D eigenvalue weighted by Gasteiger charge is 2.23. The van der Waals surface area contributed by atoms with Gasteiger partial charge in [-0.2, -0.15) is 0 Å². The molecule has 1 aromatic carbocycles. The van der Waals surface area contributed by atoms with E-state index < -0.39 is 6.10 Å². The molecule has 1 saturated heterocycles. The molecule has 1 fully saturated rings. The number of halogens is 1. The molecule has 0 spiro atoms. The summed E-state index contributed by atoms with van der Waals surface area (Å²) in [5, 5.41) is 9.85. The van der Waals surface area contributed by atoms with Crippen molar-refractivity contribution in [1.82, 2.24) is 0 Å².